The molecule has 0 saturated carbocycles. The average Bonchev–Trinajstić information content (AvgIpc) is 2.62. The van der Waals surface area contributed by atoms with Crippen molar-refractivity contribution in [2.24, 2.45) is 4.99 Å². The summed E-state index contributed by atoms with van der Waals surface area (Å²) in [6.07, 6.45) is 9.72. The fraction of sp³-hybridized carbons (Fsp3) is 0.526. The Kier molecular flexibility index (Phi) is 10.5. The highest BCUT2D eigenvalue weighted by Gasteiger charge is 2.04. The van der Waals surface area contributed by atoms with E-state index in [-0.39, 0.29) is 24.0 Å². The largest absolute Gasteiger partial charge is 0.497 e. The van der Waals surface area contributed by atoms with Gasteiger partial charge in [0.1, 0.15) is 5.75 Å². The van der Waals surface area contributed by atoms with Gasteiger partial charge in [-0.2, -0.15) is 0 Å². The highest BCUT2D eigenvalue weighted by atomic mass is 127. The van der Waals surface area contributed by atoms with Crippen molar-refractivity contribution in [2.75, 3.05) is 27.2 Å². The Morgan fingerprint density at radius 3 is 2.38 bits per heavy atom. The van der Waals surface area contributed by atoms with Crippen LogP contribution in [0.15, 0.2) is 40.9 Å². The average molecular weight is 443 g/mol. The molecule has 2 N–H and O–H groups in total. The van der Waals surface area contributed by atoms with Gasteiger partial charge in [-0.25, -0.2) is 0 Å². The van der Waals surface area contributed by atoms with Crippen LogP contribution in [0.3, 0.4) is 0 Å². The van der Waals surface area contributed by atoms with Crippen LogP contribution in [0.2, 0.25) is 0 Å². The van der Waals surface area contributed by atoms with Crippen molar-refractivity contribution in [3.05, 3.63) is 41.5 Å². The SMILES string of the molecule is CN=C(NCCC1=CCCCC1)NCCc1ccc(OC)cc1.I. The lowest BCUT2D eigenvalue weighted by atomic mass is 9.97. The summed E-state index contributed by atoms with van der Waals surface area (Å²) < 4.78 is 5.17. The van der Waals surface area contributed by atoms with Crippen LogP contribution in [0.5, 0.6) is 5.75 Å². The van der Waals surface area contributed by atoms with Crippen LogP contribution in [-0.2, 0) is 6.42 Å². The van der Waals surface area contributed by atoms with Gasteiger partial charge in [0, 0.05) is 20.1 Å². The van der Waals surface area contributed by atoms with Crippen LogP contribution in [0.1, 0.15) is 37.7 Å². The van der Waals surface area contributed by atoms with E-state index in [4.69, 9.17) is 4.74 Å². The van der Waals surface area contributed by atoms with E-state index in [1.54, 1.807) is 12.7 Å². The summed E-state index contributed by atoms with van der Waals surface area (Å²) in [6.45, 7) is 1.82. The van der Waals surface area contributed by atoms with E-state index in [2.05, 4.69) is 33.8 Å². The van der Waals surface area contributed by atoms with Gasteiger partial charge in [-0.05, 0) is 56.2 Å². The first kappa shape index (κ1) is 20.8. The Morgan fingerprint density at radius 2 is 1.79 bits per heavy atom. The van der Waals surface area contributed by atoms with Gasteiger partial charge in [-0.1, -0.05) is 23.8 Å². The number of halogens is 1. The molecule has 0 saturated heterocycles. The Labute approximate surface area is 163 Å². The number of hydrogen-bond acceptors (Lipinski definition) is 2. The monoisotopic (exact) mass is 443 g/mol. The number of allylic oxidation sites excluding steroid dienone is 1. The second-order valence-corrected chi connectivity index (χ2v) is 5.88. The topological polar surface area (TPSA) is 45.7 Å². The zero-order valence-electron chi connectivity index (χ0n) is 14.8. The van der Waals surface area contributed by atoms with Crippen LogP contribution >= 0.6 is 24.0 Å². The van der Waals surface area contributed by atoms with E-state index in [1.807, 2.05) is 19.2 Å². The molecule has 0 unspecified atom stereocenters. The Hall–Kier alpha value is -1.24. The molecular formula is C19H30IN3O. The molecule has 0 aromatic heterocycles. The number of hydrogen-bond donors (Lipinski definition) is 2. The van der Waals surface area contributed by atoms with Gasteiger partial charge >= 0.3 is 0 Å². The molecule has 4 nitrogen and oxygen atoms in total. The predicted molar refractivity (Wildman–Crippen MR) is 113 cm³/mol. The van der Waals surface area contributed by atoms with Crippen molar-refractivity contribution in [2.45, 2.75) is 38.5 Å². The summed E-state index contributed by atoms with van der Waals surface area (Å²) in [5.41, 5.74) is 2.89. The Balaban J connectivity index is 0.00000288. The molecule has 1 aromatic carbocycles. The van der Waals surface area contributed by atoms with Gasteiger partial charge in [0.2, 0.25) is 0 Å². The number of rotatable bonds is 7. The lowest BCUT2D eigenvalue weighted by molar-refractivity contribution is 0.414. The molecule has 2 rings (SSSR count). The van der Waals surface area contributed by atoms with Crippen molar-refractivity contribution in [1.29, 1.82) is 0 Å². The molecule has 1 aromatic rings. The zero-order chi connectivity index (χ0) is 16.3. The standard InChI is InChI=1S/C19H29N3O.HI/c1-20-19(21-14-12-16-6-4-3-5-7-16)22-15-13-17-8-10-18(23-2)11-9-17;/h6,8-11H,3-5,7,12-15H2,1-2H3,(H2,20,21,22);1H. The summed E-state index contributed by atoms with van der Waals surface area (Å²) in [5.74, 6) is 1.78. The lowest BCUT2D eigenvalue weighted by Crippen LogP contribution is -2.38. The first-order valence-corrected chi connectivity index (χ1v) is 8.57. The van der Waals surface area contributed by atoms with E-state index in [9.17, 15) is 0 Å². The first-order chi connectivity index (χ1) is 11.3. The second-order valence-electron chi connectivity index (χ2n) is 5.88. The Bertz CT molecular complexity index is 526. The van der Waals surface area contributed by atoms with Gasteiger partial charge in [-0.15, -0.1) is 24.0 Å². The van der Waals surface area contributed by atoms with Crippen molar-refractivity contribution < 1.29 is 4.74 Å². The van der Waals surface area contributed by atoms with Gasteiger partial charge < -0.3 is 15.4 Å². The molecule has 1 aliphatic carbocycles. The van der Waals surface area contributed by atoms with Gasteiger partial charge in [0.15, 0.2) is 5.96 Å². The fourth-order valence-electron chi connectivity index (χ4n) is 2.81. The maximum atomic E-state index is 5.17. The molecule has 0 heterocycles. The van der Waals surface area contributed by atoms with Crippen molar-refractivity contribution in [3.63, 3.8) is 0 Å². The molecule has 0 radical (unpaired) electrons. The fourth-order valence-corrected chi connectivity index (χ4v) is 2.81. The molecular weight excluding hydrogens is 413 g/mol. The highest BCUT2D eigenvalue weighted by Crippen LogP contribution is 2.19. The van der Waals surface area contributed by atoms with Crippen LogP contribution in [-0.4, -0.2) is 33.2 Å². The van der Waals surface area contributed by atoms with Crippen LogP contribution < -0.4 is 15.4 Å². The third-order valence-electron chi connectivity index (χ3n) is 4.21. The van der Waals surface area contributed by atoms with Crippen LogP contribution in [0.4, 0.5) is 0 Å². The summed E-state index contributed by atoms with van der Waals surface area (Å²) in [5, 5.41) is 6.77. The number of guanidine groups is 1. The predicted octanol–water partition coefficient (Wildman–Crippen LogP) is 3.91. The number of ether oxygens (including phenoxy) is 1. The lowest BCUT2D eigenvalue weighted by Gasteiger charge is -2.15. The molecule has 1 aliphatic rings. The number of methoxy groups -OCH3 is 1. The molecule has 0 atom stereocenters. The maximum absolute atomic E-state index is 5.17. The summed E-state index contributed by atoms with van der Waals surface area (Å²) in [6, 6.07) is 8.21. The molecule has 0 fully saturated rings. The number of nitrogens with one attached hydrogen (secondary N) is 2. The smallest absolute Gasteiger partial charge is 0.190 e. The molecule has 0 bridgehead atoms. The van der Waals surface area contributed by atoms with E-state index < -0.39 is 0 Å². The normalized spacial score (nSPS) is 14.4. The van der Waals surface area contributed by atoms with Gasteiger partial charge in [-0.3, -0.25) is 4.99 Å². The third-order valence-corrected chi connectivity index (χ3v) is 4.21. The van der Waals surface area contributed by atoms with Crippen LogP contribution in [0, 0.1) is 0 Å². The molecule has 24 heavy (non-hydrogen) atoms. The summed E-state index contributed by atoms with van der Waals surface area (Å²) >= 11 is 0. The first-order valence-electron chi connectivity index (χ1n) is 8.57. The van der Waals surface area contributed by atoms with Crippen molar-refractivity contribution >= 4 is 29.9 Å². The van der Waals surface area contributed by atoms with E-state index in [0.717, 1.165) is 37.6 Å². The molecule has 0 aliphatic heterocycles. The minimum atomic E-state index is 0. The Morgan fingerprint density at radius 1 is 1.08 bits per heavy atom. The second kappa shape index (κ2) is 12.2. The maximum Gasteiger partial charge on any atom is 0.190 e. The quantitative estimate of drug-likeness (QED) is 0.291. The minimum absolute atomic E-state index is 0. The summed E-state index contributed by atoms with van der Waals surface area (Å²) in [4.78, 5) is 4.28. The molecule has 5 heteroatoms. The molecule has 0 spiro atoms. The van der Waals surface area contributed by atoms with Gasteiger partial charge in [0.05, 0.1) is 7.11 Å². The highest BCUT2D eigenvalue weighted by molar-refractivity contribution is 14.0. The van der Waals surface area contributed by atoms with E-state index >= 15 is 0 Å². The van der Waals surface area contributed by atoms with Crippen molar-refractivity contribution in [1.82, 2.24) is 10.6 Å². The van der Waals surface area contributed by atoms with E-state index in [1.165, 1.54) is 31.2 Å². The summed E-state index contributed by atoms with van der Waals surface area (Å²) in [7, 11) is 3.51. The zero-order valence-corrected chi connectivity index (χ0v) is 17.1. The minimum Gasteiger partial charge on any atom is -0.497 e. The van der Waals surface area contributed by atoms with Crippen LogP contribution in [0.25, 0.3) is 0 Å². The number of nitrogens with zero attached hydrogens (tertiary/aromatic N) is 1. The molecule has 0 amide bonds. The number of aliphatic imine (C=N–C) groups is 1. The molecule has 134 valence electrons. The number of benzene rings is 1. The van der Waals surface area contributed by atoms with E-state index in [0.29, 0.717) is 0 Å². The van der Waals surface area contributed by atoms with Crippen molar-refractivity contribution in [3.8, 4) is 5.75 Å². The third kappa shape index (κ3) is 7.55. The van der Waals surface area contributed by atoms with Gasteiger partial charge in [0.25, 0.3) is 0 Å².